The number of unbranched alkanes of at least 4 members (excludes halogenated alkanes) is 1. The lowest BCUT2D eigenvalue weighted by molar-refractivity contribution is 0.198. The van der Waals surface area contributed by atoms with Gasteiger partial charge in [0.15, 0.2) is 0 Å². The van der Waals surface area contributed by atoms with E-state index in [1.807, 2.05) is 0 Å². The molecule has 0 amide bonds. The second-order valence-corrected chi connectivity index (χ2v) is 5.27. The monoisotopic (exact) mass is 180 g/mol. The molecule has 0 unspecified atom stereocenters. The molecular weight excluding hydrogens is 156 g/mol. The molecular formula is C13H24. The minimum atomic E-state index is 1.11. The molecule has 76 valence electrons. The lowest BCUT2D eigenvalue weighted by Crippen LogP contribution is -2.20. The first kappa shape index (κ1) is 9.55. The fraction of sp³-hybridized carbons (Fsp3) is 1.00. The van der Waals surface area contributed by atoms with Gasteiger partial charge < -0.3 is 0 Å². The maximum atomic E-state index is 2.32. The van der Waals surface area contributed by atoms with Crippen LogP contribution in [-0.4, -0.2) is 0 Å². The summed E-state index contributed by atoms with van der Waals surface area (Å²) < 4.78 is 0. The van der Waals surface area contributed by atoms with Crippen LogP contribution in [0, 0.1) is 17.8 Å². The first-order valence-corrected chi connectivity index (χ1v) is 6.40. The van der Waals surface area contributed by atoms with Gasteiger partial charge in [0, 0.05) is 0 Å². The third-order valence-corrected chi connectivity index (χ3v) is 4.36. The average Bonchev–Trinajstić information content (AvgIpc) is 2.61. The van der Waals surface area contributed by atoms with Gasteiger partial charge in [-0.1, -0.05) is 51.9 Å². The molecule has 0 heteroatoms. The molecule has 0 heterocycles. The molecule has 0 aromatic carbocycles. The van der Waals surface area contributed by atoms with Crippen molar-refractivity contribution >= 4 is 0 Å². The molecule has 2 aliphatic rings. The van der Waals surface area contributed by atoms with Gasteiger partial charge in [-0.2, -0.15) is 0 Å². The third-order valence-electron chi connectivity index (χ3n) is 4.36. The molecule has 0 bridgehead atoms. The molecule has 0 aliphatic heterocycles. The summed E-state index contributed by atoms with van der Waals surface area (Å²) in [5, 5.41) is 0. The van der Waals surface area contributed by atoms with E-state index in [1.165, 1.54) is 25.7 Å². The molecule has 3 atom stereocenters. The van der Waals surface area contributed by atoms with Gasteiger partial charge >= 0.3 is 0 Å². The van der Waals surface area contributed by atoms with Gasteiger partial charge in [-0.05, 0) is 30.6 Å². The fourth-order valence-corrected chi connectivity index (χ4v) is 3.55. The Hall–Kier alpha value is 0. The summed E-state index contributed by atoms with van der Waals surface area (Å²) >= 11 is 0. The van der Waals surface area contributed by atoms with E-state index in [-0.39, 0.29) is 0 Å². The largest absolute Gasteiger partial charge is 0.0654 e. The van der Waals surface area contributed by atoms with Crippen LogP contribution in [0.2, 0.25) is 0 Å². The topological polar surface area (TPSA) is 0 Å². The Morgan fingerprint density at radius 1 is 1.00 bits per heavy atom. The molecule has 2 fully saturated rings. The summed E-state index contributed by atoms with van der Waals surface area (Å²) in [5.41, 5.74) is 0. The van der Waals surface area contributed by atoms with E-state index in [9.17, 15) is 0 Å². The highest BCUT2D eigenvalue weighted by molar-refractivity contribution is 4.84. The predicted molar refractivity (Wildman–Crippen MR) is 57.7 cm³/mol. The number of rotatable bonds is 3. The Kier molecular flexibility index (Phi) is 3.29. The van der Waals surface area contributed by atoms with E-state index in [0.717, 1.165) is 17.8 Å². The molecule has 0 aromatic rings. The summed E-state index contributed by atoms with van der Waals surface area (Å²) in [7, 11) is 0. The highest BCUT2D eigenvalue weighted by Crippen LogP contribution is 2.45. The van der Waals surface area contributed by atoms with Crippen LogP contribution in [0.3, 0.4) is 0 Å². The van der Waals surface area contributed by atoms with Crippen molar-refractivity contribution in [1.29, 1.82) is 0 Å². The van der Waals surface area contributed by atoms with Crippen molar-refractivity contribution < 1.29 is 0 Å². The molecule has 0 aromatic heterocycles. The van der Waals surface area contributed by atoms with Gasteiger partial charge in [-0.15, -0.1) is 0 Å². The van der Waals surface area contributed by atoms with Gasteiger partial charge in [-0.3, -0.25) is 0 Å². The van der Waals surface area contributed by atoms with Crippen LogP contribution >= 0.6 is 0 Å². The Bertz CT molecular complexity index is 150. The highest BCUT2D eigenvalue weighted by Gasteiger charge is 2.33. The number of hydrogen-bond acceptors (Lipinski definition) is 0. The Labute approximate surface area is 83.1 Å². The zero-order valence-electron chi connectivity index (χ0n) is 9.10. The van der Waals surface area contributed by atoms with Gasteiger partial charge in [0.1, 0.15) is 0 Å². The third kappa shape index (κ3) is 2.27. The second kappa shape index (κ2) is 4.48. The van der Waals surface area contributed by atoms with Crippen molar-refractivity contribution in [3.63, 3.8) is 0 Å². The van der Waals surface area contributed by atoms with Crippen molar-refractivity contribution in [2.75, 3.05) is 0 Å². The van der Waals surface area contributed by atoms with E-state index in [0.29, 0.717) is 0 Å². The zero-order valence-corrected chi connectivity index (χ0v) is 9.10. The van der Waals surface area contributed by atoms with Crippen molar-refractivity contribution in [2.24, 2.45) is 17.8 Å². The fourth-order valence-electron chi connectivity index (χ4n) is 3.55. The first-order valence-electron chi connectivity index (χ1n) is 6.40. The van der Waals surface area contributed by atoms with Gasteiger partial charge in [-0.25, -0.2) is 0 Å². The van der Waals surface area contributed by atoms with Crippen LogP contribution in [0.1, 0.15) is 64.7 Å². The Balaban J connectivity index is 1.76. The zero-order chi connectivity index (χ0) is 9.10. The Morgan fingerprint density at radius 2 is 1.85 bits per heavy atom. The quantitative estimate of drug-likeness (QED) is 0.604. The SMILES string of the molecule is CCCC[C@@H]1CC[C@@H]2CCC[C@@H]2C1. The summed E-state index contributed by atoms with van der Waals surface area (Å²) in [4.78, 5) is 0. The molecule has 2 saturated carbocycles. The van der Waals surface area contributed by atoms with E-state index >= 15 is 0 Å². The van der Waals surface area contributed by atoms with E-state index < -0.39 is 0 Å². The summed E-state index contributed by atoms with van der Waals surface area (Å²) in [6, 6.07) is 0. The highest BCUT2D eigenvalue weighted by atomic mass is 14.4. The van der Waals surface area contributed by atoms with Crippen molar-refractivity contribution in [2.45, 2.75) is 64.7 Å². The molecule has 2 rings (SSSR count). The summed E-state index contributed by atoms with van der Waals surface area (Å²) in [6.45, 7) is 2.32. The summed E-state index contributed by atoms with van der Waals surface area (Å²) in [5.74, 6) is 3.41. The summed E-state index contributed by atoms with van der Waals surface area (Å²) in [6.07, 6.45) is 13.8. The van der Waals surface area contributed by atoms with E-state index in [1.54, 1.807) is 32.1 Å². The van der Waals surface area contributed by atoms with Crippen LogP contribution in [-0.2, 0) is 0 Å². The standard InChI is InChI=1S/C13H24/c1-2-3-5-11-8-9-12-6-4-7-13(12)10-11/h11-13H,2-10H2,1H3/t11-,12+,13-/m1/s1. The average molecular weight is 180 g/mol. The van der Waals surface area contributed by atoms with Gasteiger partial charge in [0.2, 0.25) is 0 Å². The molecule has 0 saturated heterocycles. The van der Waals surface area contributed by atoms with Crippen molar-refractivity contribution in [1.82, 2.24) is 0 Å². The number of fused-ring (bicyclic) bond motifs is 1. The van der Waals surface area contributed by atoms with Crippen LogP contribution in [0.5, 0.6) is 0 Å². The first-order chi connectivity index (χ1) is 6.40. The van der Waals surface area contributed by atoms with Gasteiger partial charge in [0.25, 0.3) is 0 Å². The number of hydrogen-bond donors (Lipinski definition) is 0. The normalized spacial score (nSPS) is 39.0. The molecule has 0 nitrogen and oxygen atoms in total. The minimum Gasteiger partial charge on any atom is -0.0654 e. The maximum absolute atomic E-state index is 2.32. The molecule has 13 heavy (non-hydrogen) atoms. The lowest BCUT2D eigenvalue weighted by atomic mass is 9.74. The van der Waals surface area contributed by atoms with Gasteiger partial charge in [0.05, 0.1) is 0 Å². The van der Waals surface area contributed by atoms with Crippen molar-refractivity contribution in [3.8, 4) is 0 Å². The molecule has 0 spiro atoms. The predicted octanol–water partition coefficient (Wildman–Crippen LogP) is 4.39. The smallest absolute Gasteiger partial charge is 0.0383 e. The molecule has 2 aliphatic carbocycles. The molecule has 0 N–H and O–H groups in total. The van der Waals surface area contributed by atoms with Crippen LogP contribution < -0.4 is 0 Å². The van der Waals surface area contributed by atoms with Crippen LogP contribution in [0.4, 0.5) is 0 Å². The maximum Gasteiger partial charge on any atom is -0.0383 e. The van der Waals surface area contributed by atoms with E-state index in [4.69, 9.17) is 0 Å². The van der Waals surface area contributed by atoms with Crippen LogP contribution in [0.15, 0.2) is 0 Å². The molecule has 0 radical (unpaired) electrons. The lowest BCUT2D eigenvalue weighted by Gasteiger charge is -2.31. The minimum absolute atomic E-state index is 1.11. The van der Waals surface area contributed by atoms with E-state index in [2.05, 4.69) is 6.92 Å². The van der Waals surface area contributed by atoms with Crippen molar-refractivity contribution in [3.05, 3.63) is 0 Å². The second-order valence-electron chi connectivity index (χ2n) is 5.27. The van der Waals surface area contributed by atoms with Crippen LogP contribution in [0.25, 0.3) is 0 Å². The Morgan fingerprint density at radius 3 is 2.69 bits per heavy atom.